The number of thioether (sulfide) groups is 1. The molecule has 0 saturated heterocycles. The largest absolute Gasteiger partial charge is 0.360 e. The molecule has 0 aliphatic carbocycles. The van der Waals surface area contributed by atoms with Crippen molar-refractivity contribution in [2.45, 2.75) is 24.2 Å². The molecule has 1 amide bonds. The second kappa shape index (κ2) is 9.87. The van der Waals surface area contributed by atoms with Crippen molar-refractivity contribution in [3.63, 3.8) is 0 Å². The molecular weight excluding hydrogens is 396 g/mol. The zero-order valence-electron chi connectivity index (χ0n) is 15.3. The van der Waals surface area contributed by atoms with E-state index in [-0.39, 0.29) is 5.91 Å². The SMILES string of the molecule is Cc1ccc(CN(C)C(=O)CSc2nnc(NCCc3cccs3)s2)cc1. The molecule has 5 nitrogen and oxygen atoms in total. The Labute approximate surface area is 171 Å². The van der Waals surface area contributed by atoms with Crippen molar-refractivity contribution >= 4 is 45.5 Å². The van der Waals surface area contributed by atoms with Gasteiger partial charge in [0.2, 0.25) is 11.0 Å². The van der Waals surface area contributed by atoms with Crippen molar-refractivity contribution < 1.29 is 4.79 Å². The summed E-state index contributed by atoms with van der Waals surface area (Å²) in [6.07, 6.45) is 0.974. The number of nitrogens with one attached hydrogen (secondary N) is 1. The van der Waals surface area contributed by atoms with E-state index in [0.29, 0.717) is 12.3 Å². The maximum absolute atomic E-state index is 12.3. The van der Waals surface area contributed by atoms with Crippen LogP contribution >= 0.6 is 34.4 Å². The van der Waals surface area contributed by atoms with Gasteiger partial charge in [-0.2, -0.15) is 0 Å². The number of aryl methyl sites for hydroxylation is 1. The fourth-order valence-electron chi connectivity index (χ4n) is 2.38. The molecule has 1 aromatic carbocycles. The molecule has 0 spiro atoms. The van der Waals surface area contributed by atoms with Crippen molar-refractivity contribution in [3.8, 4) is 0 Å². The zero-order chi connectivity index (χ0) is 19.1. The molecule has 3 rings (SSSR count). The molecular formula is C19H22N4OS3. The van der Waals surface area contributed by atoms with Crippen LogP contribution in [0, 0.1) is 6.92 Å². The molecule has 0 atom stereocenters. The van der Waals surface area contributed by atoms with Crippen LogP contribution in [0.5, 0.6) is 0 Å². The molecule has 0 aliphatic heterocycles. The number of aromatic nitrogens is 2. The molecule has 3 aromatic rings. The van der Waals surface area contributed by atoms with E-state index < -0.39 is 0 Å². The van der Waals surface area contributed by atoms with Crippen LogP contribution in [0.25, 0.3) is 0 Å². The fraction of sp³-hybridized carbons (Fsp3) is 0.316. The molecule has 0 bridgehead atoms. The minimum atomic E-state index is 0.0861. The molecule has 0 radical (unpaired) electrons. The second-order valence-electron chi connectivity index (χ2n) is 6.15. The first-order valence-electron chi connectivity index (χ1n) is 8.62. The van der Waals surface area contributed by atoms with Crippen LogP contribution in [0.4, 0.5) is 5.13 Å². The fourth-order valence-corrected chi connectivity index (χ4v) is 4.80. The van der Waals surface area contributed by atoms with Crippen LogP contribution in [-0.2, 0) is 17.8 Å². The number of amides is 1. The second-order valence-corrected chi connectivity index (χ2v) is 9.39. The van der Waals surface area contributed by atoms with Gasteiger partial charge in [0.05, 0.1) is 5.75 Å². The number of hydrogen-bond donors (Lipinski definition) is 1. The van der Waals surface area contributed by atoms with Crippen molar-refractivity contribution in [2.75, 3.05) is 24.7 Å². The standard InChI is InChI=1S/C19H22N4OS3/c1-14-5-7-15(8-6-14)12-23(2)17(24)13-26-19-22-21-18(27-19)20-10-9-16-4-3-11-25-16/h3-8,11H,9-10,12-13H2,1-2H3,(H,20,21). The number of benzene rings is 1. The third kappa shape index (κ3) is 6.34. The number of carbonyl (C=O) groups excluding carboxylic acids is 1. The van der Waals surface area contributed by atoms with E-state index >= 15 is 0 Å². The highest BCUT2D eigenvalue weighted by atomic mass is 32.2. The van der Waals surface area contributed by atoms with Crippen LogP contribution in [0.3, 0.4) is 0 Å². The monoisotopic (exact) mass is 418 g/mol. The van der Waals surface area contributed by atoms with Gasteiger partial charge < -0.3 is 10.2 Å². The summed E-state index contributed by atoms with van der Waals surface area (Å²) in [5.41, 5.74) is 2.36. The molecule has 2 heterocycles. The number of nitrogens with zero attached hydrogens (tertiary/aromatic N) is 3. The molecule has 8 heteroatoms. The van der Waals surface area contributed by atoms with Gasteiger partial charge in [0.25, 0.3) is 0 Å². The summed E-state index contributed by atoms with van der Waals surface area (Å²) in [4.78, 5) is 15.4. The van der Waals surface area contributed by atoms with Gasteiger partial charge in [0.15, 0.2) is 4.34 Å². The van der Waals surface area contributed by atoms with Crippen LogP contribution in [0.2, 0.25) is 0 Å². The summed E-state index contributed by atoms with van der Waals surface area (Å²) in [7, 11) is 1.83. The Morgan fingerprint density at radius 2 is 2.04 bits per heavy atom. The Balaban J connectivity index is 1.40. The minimum Gasteiger partial charge on any atom is -0.360 e. The van der Waals surface area contributed by atoms with Gasteiger partial charge in [-0.15, -0.1) is 21.5 Å². The third-order valence-corrected chi connectivity index (χ3v) is 6.85. The number of carbonyl (C=O) groups is 1. The van der Waals surface area contributed by atoms with Gasteiger partial charge in [-0.05, 0) is 30.4 Å². The van der Waals surface area contributed by atoms with Gasteiger partial charge in [-0.1, -0.05) is 59.0 Å². The maximum atomic E-state index is 12.3. The summed E-state index contributed by atoms with van der Waals surface area (Å²) in [5.74, 6) is 0.453. The van der Waals surface area contributed by atoms with Crippen molar-refractivity contribution in [1.29, 1.82) is 0 Å². The van der Waals surface area contributed by atoms with Crippen molar-refractivity contribution in [3.05, 3.63) is 57.8 Å². The van der Waals surface area contributed by atoms with E-state index in [0.717, 1.165) is 28.0 Å². The van der Waals surface area contributed by atoms with Gasteiger partial charge in [-0.3, -0.25) is 4.79 Å². The van der Waals surface area contributed by atoms with E-state index in [4.69, 9.17) is 0 Å². The van der Waals surface area contributed by atoms with E-state index in [2.05, 4.69) is 64.2 Å². The third-order valence-electron chi connectivity index (χ3n) is 3.92. The molecule has 2 aromatic heterocycles. The summed E-state index contributed by atoms with van der Waals surface area (Å²) in [5, 5.41) is 14.5. The molecule has 1 N–H and O–H groups in total. The number of thiophene rings is 1. The average molecular weight is 419 g/mol. The Bertz CT molecular complexity index is 846. The smallest absolute Gasteiger partial charge is 0.233 e. The summed E-state index contributed by atoms with van der Waals surface area (Å²) in [6, 6.07) is 12.4. The normalized spacial score (nSPS) is 10.7. The Hall–Kier alpha value is -1.90. The predicted octanol–water partition coefficient (Wildman–Crippen LogP) is 4.31. The van der Waals surface area contributed by atoms with Crippen LogP contribution < -0.4 is 5.32 Å². The topological polar surface area (TPSA) is 58.1 Å². The number of anilines is 1. The van der Waals surface area contributed by atoms with E-state index in [1.165, 1.54) is 33.5 Å². The lowest BCUT2D eigenvalue weighted by molar-refractivity contribution is -0.127. The molecule has 0 saturated carbocycles. The molecule has 0 unspecified atom stereocenters. The van der Waals surface area contributed by atoms with Crippen molar-refractivity contribution in [1.82, 2.24) is 15.1 Å². The van der Waals surface area contributed by atoms with E-state index in [9.17, 15) is 4.79 Å². The van der Waals surface area contributed by atoms with Gasteiger partial charge in [0.1, 0.15) is 0 Å². The average Bonchev–Trinajstić information content (AvgIpc) is 3.34. The Morgan fingerprint density at radius 3 is 2.78 bits per heavy atom. The van der Waals surface area contributed by atoms with Crippen molar-refractivity contribution in [2.24, 2.45) is 0 Å². The lowest BCUT2D eigenvalue weighted by atomic mass is 10.1. The summed E-state index contributed by atoms with van der Waals surface area (Å²) >= 11 is 4.69. The van der Waals surface area contributed by atoms with Gasteiger partial charge in [0, 0.05) is 25.0 Å². The molecule has 0 aliphatic rings. The van der Waals surface area contributed by atoms with Crippen LogP contribution in [0.15, 0.2) is 46.1 Å². The quantitative estimate of drug-likeness (QED) is 0.525. The first-order valence-corrected chi connectivity index (χ1v) is 11.3. The highest BCUT2D eigenvalue weighted by molar-refractivity contribution is 8.01. The van der Waals surface area contributed by atoms with Gasteiger partial charge >= 0.3 is 0 Å². The summed E-state index contributed by atoms with van der Waals surface area (Å²) < 4.78 is 0.811. The first kappa shape index (κ1) is 19.9. The number of rotatable bonds is 9. The highest BCUT2D eigenvalue weighted by Gasteiger charge is 2.12. The zero-order valence-corrected chi connectivity index (χ0v) is 17.8. The van der Waals surface area contributed by atoms with E-state index in [1.807, 2.05) is 7.05 Å². The van der Waals surface area contributed by atoms with Crippen LogP contribution in [0.1, 0.15) is 16.0 Å². The number of hydrogen-bond acceptors (Lipinski definition) is 7. The summed E-state index contributed by atoms with van der Waals surface area (Å²) in [6.45, 7) is 3.51. The lowest BCUT2D eigenvalue weighted by Crippen LogP contribution is -2.27. The molecule has 0 fully saturated rings. The maximum Gasteiger partial charge on any atom is 0.233 e. The minimum absolute atomic E-state index is 0.0861. The lowest BCUT2D eigenvalue weighted by Gasteiger charge is -2.16. The van der Waals surface area contributed by atoms with E-state index in [1.54, 1.807) is 16.2 Å². The van der Waals surface area contributed by atoms with Crippen LogP contribution in [-0.4, -0.2) is 40.3 Å². The predicted molar refractivity (Wildman–Crippen MR) is 115 cm³/mol. The Kier molecular flexibility index (Phi) is 7.25. The Morgan fingerprint density at radius 1 is 1.22 bits per heavy atom. The molecule has 27 heavy (non-hydrogen) atoms. The highest BCUT2D eigenvalue weighted by Crippen LogP contribution is 2.25. The first-order chi connectivity index (χ1) is 13.1. The van der Waals surface area contributed by atoms with Gasteiger partial charge in [-0.25, -0.2) is 0 Å². The molecule has 142 valence electrons.